The van der Waals surface area contributed by atoms with E-state index in [1.54, 1.807) is 0 Å². The van der Waals surface area contributed by atoms with Crippen LogP contribution in [0, 0.1) is 0 Å². The molecular formula is C14H28N2O2. The summed E-state index contributed by atoms with van der Waals surface area (Å²) in [5.74, 6) is -0.837. The summed E-state index contributed by atoms with van der Waals surface area (Å²) < 4.78 is 0. The van der Waals surface area contributed by atoms with Crippen molar-refractivity contribution in [2.45, 2.75) is 70.4 Å². The zero-order chi connectivity index (χ0) is 13.6. The molecule has 18 heavy (non-hydrogen) atoms. The van der Waals surface area contributed by atoms with Gasteiger partial charge in [-0.3, -0.25) is 4.79 Å². The van der Waals surface area contributed by atoms with Gasteiger partial charge in [0.1, 0.15) is 5.54 Å². The van der Waals surface area contributed by atoms with Crippen LogP contribution >= 0.6 is 0 Å². The summed E-state index contributed by atoms with van der Waals surface area (Å²) in [4.78, 5) is 13.6. The maximum atomic E-state index is 11.2. The van der Waals surface area contributed by atoms with E-state index in [1.807, 2.05) is 0 Å². The predicted octanol–water partition coefficient (Wildman–Crippen LogP) is 2.22. The van der Waals surface area contributed by atoms with Crippen LogP contribution in [0.3, 0.4) is 0 Å². The normalized spacial score (nSPS) is 27.9. The molecule has 0 aromatic rings. The molecule has 0 amide bonds. The molecule has 106 valence electrons. The Morgan fingerprint density at radius 3 is 2.28 bits per heavy atom. The van der Waals surface area contributed by atoms with E-state index in [0.717, 1.165) is 19.5 Å². The molecule has 3 N–H and O–H groups in total. The smallest absolute Gasteiger partial charge is 0.323 e. The van der Waals surface area contributed by atoms with Crippen LogP contribution in [0.1, 0.15) is 58.8 Å². The fourth-order valence-corrected chi connectivity index (χ4v) is 2.75. The van der Waals surface area contributed by atoms with Gasteiger partial charge in [-0.1, -0.05) is 26.7 Å². The molecular weight excluding hydrogens is 228 g/mol. The lowest BCUT2D eigenvalue weighted by atomic mass is 9.99. The molecule has 1 aliphatic rings. The largest absolute Gasteiger partial charge is 0.480 e. The van der Waals surface area contributed by atoms with Crippen LogP contribution in [-0.2, 0) is 4.79 Å². The standard InChI is InChI=1S/C14H28N2O2/c1-3-5-9-16(10-6-4-2)12-7-8-14(15,11-12)13(17)18/h12H,3-11,15H2,1-2H3,(H,17,18). The fourth-order valence-electron chi connectivity index (χ4n) is 2.75. The second kappa shape index (κ2) is 7.10. The van der Waals surface area contributed by atoms with E-state index in [4.69, 9.17) is 5.73 Å². The molecule has 0 spiro atoms. The molecule has 4 nitrogen and oxygen atoms in total. The van der Waals surface area contributed by atoms with Crippen molar-refractivity contribution in [3.63, 3.8) is 0 Å². The highest BCUT2D eigenvalue weighted by Gasteiger charge is 2.43. The maximum absolute atomic E-state index is 11.2. The second-order valence-corrected chi connectivity index (χ2v) is 5.60. The average molecular weight is 256 g/mol. The molecule has 0 aromatic carbocycles. The van der Waals surface area contributed by atoms with Crippen LogP contribution < -0.4 is 5.73 Å². The third kappa shape index (κ3) is 3.95. The first-order valence-corrected chi connectivity index (χ1v) is 7.29. The van der Waals surface area contributed by atoms with Crippen molar-refractivity contribution >= 4 is 5.97 Å². The molecule has 2 unspecified atom stereocenters. The Morgan fingerprint density at radius 2 is 1.89 bits per heavy atom. The molecule has 0 bridgehead atoms. The van der Waals surface area contributed by atoms with Crippen molar-refractivity contribution in [2.75, 3.05) is 13.1 Å². The summed E-state index contributed by atoms with van der Waals surface area (Å²) in [5.41, 5.74) is 4.98. The number of carboxylic acids is 1. The zero-order valence-electron chi connectivity index (χ0n) is 11.8. The van der Waals surface area contributed by atoms with Gasteiger partial charge < -0.3 is 15.7 Å². The number of nitrogens with zero attached hydrogens (tertiary/aromatic N) is 1. The minimum atomic E-state index is -0.985. The van der Waals surface area contributed by atoms with Crippen molar-refractivity contribution in [3.05, 3.63) is 0 Å². The Hall–Kier alpha value is -0.610. The summed E-state index contributed by atoms with van der Waals surface area (Å²) in [6, 6.07) is 0.365. The van der Waals surface area contributed by atoms with Gasteiger partial charge in [-0.25, -0.2) is 0 Å². The third-order valence-electron chi connectivity index (χ3n) is 4.06. The molecule has 4 heteroatoms. The average Bonchev–Trinajstić information content (AvgIpc) is 2.73. The van der Waals surface area contributed by atoms with Gasteiger partial charge in [0.15, 0.2) is 0 Å². The van der Waals surface area contributed by atoms with Gasteiger partial charge in [0.25, 0.3) is 0 Å². The predicted molar refractivity (Wildman–Crippen MR) is 73.6 cm³/mol. The van der Waals surface area contributed by atoms with E-state index in [0.29, 0.717) is 18.9 Å². The van der Waals surface area contributed by atoms with Crippen molar-refractivity contribution < 1.29 is 9.90 Å². The lowest BCUT2D eigenvalue weighted by molar-refractivity contribution is -0.143. The van der Waals surface area contributed by atoms with E-state index >= 15 is 0 Å². The summed E-state index contributed by atoms with van der Waals surface area (Å²) in [7, 11) is 0. The van der Waals surface area contributed by atoms with Gasteiger partial charge in [-0.15, -0.1) is 0 Å². The number of nitrogens with two attached hydrogens (primary N) is 1. The molecule has 0 saturated heterocycles. The van der Waals surface area contributed by atoms with E-state index in [1.165, 1.54) is 25.7 Å². The van der Waals surface area contributed by atoms with Gasteiger partial charge in [-0.05, 0) is 45.2 Å². The van der Waals surface area contributed by atoms with Crippen LogP contribution in [0.5, 0.6) is 0 Å². The Kier molecular flexibility index (Phi) is 6.09. The Balaban J connectivity index is 2.55. The van der Waals surface area contributed by atoms with Gasteiger partial charge in [0.2, 0.25) is 0 Å². The van der Waals surface area contributed by atoms with Crippen LogP contribution in [0.2, 0.25) is 0 Å². The summed E-state index contributed by atoms with van der Waals surface area (Å²) in [5, 5.41) is 9.18. The van der Waals surface area contributed by atoms with E-state index < -0.39 is 11.5 Å². The zero-order valence-corrected chi connectivity index (χ0v) is 11.8. The van der Waals surface area contributed by atoms with Crippen LogP contribution in [0.4, 0.5) is 0 Å². The summed E-state index contributed by atoms with van der Waals surface area (Å²) in [6.45, 7) is 6.54. The van der Waals surface area contributed by atoms with Gasteiger partial charge in [-0.2, -0.15) is 0 Å². The Morgan fingerprint density at radius 1 is 1.33 bits per heavy atom. The highest BCUT2D eigenvalue weighted by molar-refractivity contribution is 5.79. The Labute approximate surface area is 111 Å². The second-order valence-electron chi connectivity index (χ2n) is 5.60. The quantitative estimate of drug-likeness (QED) is 0.699. The van der Waals surface area contributed by atoms with E-state index in [9.17, 15) is 9.90 Å². The summed E-state index contributed by atoms with van der Waals surface area (Å²) in [6.07, 6.45) is 6.88. The molecule has 1 aliphatic carbocycles. The molecule has 0 aliphatic heterocycles. The van der Waals surface area contributed by atoms with Crippen molar-refractivity contribution in [1.82, 2.24) is 4.90 Å². The first-order chi connectivity index (χ1) is 8.53. The van der Waals surface area contributed by atoms with Crippen LogP contribution in [0.25, 0.3) is 0 Å². The van der Waals surface area contributed by atoms with Crippen LogP contribution in [0.15, 0.2) is 0 Å². The molecule has 2 atom stereocenters. The van der Waals surface area contributed by atoms with Crippen molar-refractivity contribution in [1.29, 1.82) is 0 Å². The minimum Gasteiger partial charge on any atom is -0.480 e. The highest BCUT2D eigenvalue weighted by atomic mass is 16.4. The van der Waals surface area contributed by atoms with E-state index in [-0.39, 0.29) is 0 Å². The maximum Gasteiger partial charge on any atom is 0.323 e. The van der Waals surface area contributed by atoms with Crippen LogP contribution in [-0.4, -0.2) is 40.6 Å². The van der Waals surface area contributed by atoms with Crippen molar-refractivity contribution in [3.8, 4) is 0 Å². The lowest BCUT2D eigenvalue weighted by Gasteiger charge is -2.29. The number of carbonyl (C=O) groups is 1. The number of aliphatic carboxylic acids is 1. The lowest BCUT2D eigenvalue weighted by Crippen LogP contribution is -2.47. The SMILES string of the molecule is CCCCN(CCCC)C1CCC(N)(C(=O)O)C1. The molecule has 1 rings (SSSR count). The fraction of sp³-hybridized carbons (Fsp3) is 0.929. The van der Waals surface area contributed by atoms with Gasteiger partial charge >= 0.3 is 5.97 Å². The van der Waals surface area contributed by atoms with Crippen molar-refractivity contribution in [2.24, 2.45) is 5.73 Å². The number of rotatable bonds is 8. The molecule has 1 fully saturated rings. The number of unbranched alkanes of at least 4 members (excludes halogenated alkanes) is 2. The van der Waals surface area contributed by atoms with Gasteiger partial charge in [0.05, 0.1) is 0 Å². The first kappa shape index (κ1) is 15.4. The van der Waals surface area contributed by atoms with Gasteiger partial charge in [0, 0.05) is 6.04 Å². The monoisotopic (exact) mass is 256 g/mol. The molecule has 0 radical (unpaired) electrons. The molecule has 0 aromatic heterocycles. The number of carboxylic acid groups (broad SMARTS) is 1. The Bertz CT molecular complexity index is 263. The summed E-state index contributed by atoms with van der Waals surface area (Å²) >= 11 is 0. The first-order valence-electron chi connectivity index (χ1n) is 7.29. The molecule has 0 heterocycles. The molecule has 1 saturated carbocycles. The number of hydrogen-bond donors (Lipinski definition) is 2. The third-order valence-corrected chi connectivity index (χ3v) is 4.06. The number of hydrogen-bond acceptors (Lipinski definition) is 3. The highest BCUT2D eigenvalue weighted by Crippen LogP contribution is 2.31. The van der Waals surface area contributed by atoms with E-state index in [2.05, 4.69) is 18.7 Å². The topological polar surface area (TPSA) is 66.6 Å². The minimum absolute atomic E-state index is 0.365.